The summed E-state index contributed by atoms with van der Waals surface area (Å²) < 4.78 is 31.7. The molecular formula is C34H50ClF3N4O7. The summed E-state index contributed by atoms with van der Waals surface area (Å²) in [5.74, 6) is -4.77. The van der Waals surface area contributed by atoms with E-state index >= 15 is 0 Å². The minimum atomic E-state index is -5.08. The second kappa shape index (κ2) is 17.3. The second-order valence-electron chi connectivity index (χ2n) is 14.1. The van der Waals surface area contributed by atoms with Crippen LogP contribution >= 0.6 is 11.6 Å². The van der Waals surface area contributed by atoms with Crippen molar-refractivity contribution in [1.82, 2.24) is 20.4 Å². The van der Waals surface area contributed by atoms with Gasteiger partial charge in [-0.1, -0.05) is 78.3 Å². The van der Waals surface area contributed by atoms with Gasteiger partial charge in [0.15, 0.2) is 0 Å². The Bertz CT molecular complexity index is 1390. The number of halogens is 4. The fraction of sp³-hybridized carbons (Fsp3) is 0.618. The van der Waals surface area contributed by atoms with Gasteiger partial charge in [-0.2, -0.15) is 13.2 Å². The number of alkyl halides is 3. The van der Waals surface area contributed by atoms with Gasteiger partial charge in [-0.15, -0.1) is 0 Å². The number of carboxylic acid groups (broad SMARTS) is 2. The molecule has 3 amide bonds. The minimum absolute atomic E-state index is 0.0568. The number of aliphatic carboxylic acids is 2. The van der Waals surface area contributed by atoms with Crippen molar-refractivity contribution in [3.63, 3.8) is 0 Å². The monoisotopic (exact) mass is 718 g/mol. The number of nitrogens with one attached hydrogen (secondary N) is 2. The van der Waals surface area contributed by atoms with Gasteiger partial charge in [0.1, 0.15) is 12.1 Å². The molecule has 11 nitrogen and oxygen atoms in total. The van der Waals surface area contributed by atoms with Crippen LogP contribution in [0.1, 0.15) is 73.8 Å². The Morgan fingerprint density at radius 3 is 2.02 bits per heavy atom. The summed E-state index contributed by atoms with van der Waals surface area (Å²) in [5, 5.41) is 23.4. The molecule has 1 aliphatic heterocycles. The van der Waals surface area contributed by atoms with E-state index in [9.17, 15) is 37.5 Å². The first kappa shape index (κ1) is 43.4. The summed E-state index contributed by atoms with van der Waals surface area (Å²) in [6, 6.07) is 4.56. The van der Waals surface area contributed by atoms with E-state index in [2.05, 4.69) is 10.6 Å². The fourth-order valence-electron chi connectivity index (χ4n) is 5.67. The van der Waals surface area contributed by atoms with Gasteiger partial charge in [-0.3, -0.25) is 14.4 Å². The van der Waals surface area contributed by atoms with Crippen LogP contribution in [0.3, 0.4) is 0 Å². The number of likely N-dealkylation sites (tertiary alicyclic amines) is 1. The molecule has 49 heavy (non-hydrogen) atoms. The average molecular weight is 719 g/mol. The summed E-state index contributed by atoms with van der Waals surface area (Å²) in [5.41, 5.74) is -0.00435. The highest BCUT2D eigenvalue weighted by molar-refractivity contribution is 6.30. The zero-order chi connectivity index (χ0) is 38.2. The Morgan fingerprint density at radius 2 is 1.59 bits per heavy atom. The van der Waals surface area contributed by atoms with Crippen LogP contribution in [-0.4, -0.2) is 101 Å². The van der Waals surface area contributed by atoms with Crippen molar-refractivity contribution in [2.24, 2.45) is 11.3 Å². The van der Waals surface area contributed by atoms with Gasteiger partial charge in [0.25, 0.3) is 0 Å². The van der Waals surface area contributed by atoms with Crippen LogP contribution < -0.4 is 10.6 Å². The van der Waals surface area contributed by atoms with E-state index in [0.717, 1.165) is 5.56 Å². The standard InChI is InChI=1S/C32H49ClN4O5.C2HF3O2/c1-19(2)24(17-20(3)28(39)37-16-12-15-23(37)30(41)42)36(10)29(40)26(31(4,5)6)35-27(38)25(34-9)32(7,8)21-13-11-14-22(33)18-21;3-2(4,5)1(6)7/h11,13-14,17-19,23-26,34H,12,15-16H2,1-10H3,(H,35,38)(H,41,42);(H,6,7)/b20-17+;/t23-,24+,25+,26+;/m0./s1. The molecule has 0 radical (unpaired) electrons. The summed E-state index contributed by atoms with van der Waals surface area (Å²) in [6.07, 6.45) is -2.28. The van der Waals surface area contributed by atoms with E-state index in [1.165, 1.54) is 4.90 Å². The number of carbonyl (C=O) groups is 5. The lowest BCUT2D eigenvalue weighted by Gasteiger charge is -2.40. The van der Waals surface area contributed by atoms with Crippen LogP contribution in [0.5, 0.6) is 0 Å². The van der Waals surface area contributed by atoms with Gasteiger partial charge in [0, 0.05) is 29.6 Å². The Hall–Kier alpha value is -3.65. The molecule has 0 aromatic heterocycles. The number of likely N-dealkylation sites (N-methyl/N-ethyl adjacent to an activating group) is 2. The third-order valence-corrected chi connectivity index (χ3v) is 8.75. The van der Waals surface area contributed by atoms with E-state index in [1.54, 1.807) is 38.1 Å². The Morgan fingerprint density at radius 1 is 1.04 bits per heavy atom. The highest BCUT2D eigenvalue weighted by Crippen LogP contribution is 2.31. The van der Waals surface area contributed by atoms with Crippen LogP contribution in [0.2, 0.25) is 5.02 Å². The number of hydrogen-bond donors (Lipinski definition) is 4. The number of rotatable bonds is 11. The molecule has 1 aliphatic rings. The van der Waals surface area contributed by atoms with Crippen molar-refractivity contribution in [2.45, 2.75) is 104 Å². The molecule has 0 unspecified atom stereocenters. The highest BCUT2D eigenvalue weighted by atomic mass is 35.5. The largest absolute Gasteiger partial charge is 0.490 e. The third kappa shape index (κ3) is 11.7. The van der Waals surface area contributed by atoms with Crippen molar-refractivity contribution < 1.29 is 47.4 Å². The maximum atomic E-state index is 14.1. The molecule has 0 aliphatic carbocycles. The molecule has 4 N–H and O–H groups in total. The predicted octanol–water partition coefficient (Wildman–Crippen LogP) is 4.87. The van der Waals surface area contributed by atoms with Crippen molar-refractivity contribution in [3.8, 4) is 0 Å². The number of nitrogens with zero attached hydrogens (tertiary/aromatic N) is 2. The molecule has 1 aromatic rings. The SMILES string of the molecule is CN[C@H](C(=O)N[C@H](C(=O)N(C)[C@H](/C=C(\C)C(=O)N1CCC[C@H]1C(=O)O)C(C)C)C(C)(C)C)C(C)(C)c1cccc(Cl)c1.O=C(O)C(F)(F)F. The number of amides is 3. The first-order valence-electron chi connectivity index (χ1n) is 15.8. The number of carbonyl (C=O) groups excluding carboxylic acids is 3. The normalized spacial score (nSPS) is 17.4. The molecule has 0 bridgehead atoms. The molecule has 1 saturated heterocycles. The van der Waals surface area contributed by atoms with Gasteiger partial charge in [-0.25, -0.2) is 9.59 Å². The van der Waals surface area contributed by atoms with E-state index in [0.29, 0.717) is 30.0 Å². The molecule has 1 aromatic carbocycles. The van der Waals surface area contributed by atoms with E-state index < -0.39 is 53.1 Å². The molecule has 2 rings (SSSR count). The Balaban J connectivity index is 0.00000154. The molecular weight excluding hydrogens is 669 g/mol. The van der Waals surface area contributed by atoms with Gasteiger partial charge in [0.2, 0.25) is 17.7 Å². The lowest BCUT2D eigenvalue weighted by Crippen LogP contribution is -2.61. The lowest BCUT2D eigenvalue weighted by atomic mass is 9.76. The maximum absolute atomic E-state index is 14.1. The number of hydrogen-bond acceptors (Lipinski definition) is 6. The summed E-state index contributed by atoms with van der Waals surface area (Å²) >= 11 is 6.24. The molecule has 1 fully saturated rings. The average Bonchev–Trinajstić information content (AvgIpc) is 3.47. The van der Waals surface area contributed by atoms with Crippen LogP contribution in [0, 0.1) is 11.3 Å². The quantitative estimate of drug-likeness (QED) is 0.236. The first-order valence-corrected chi connectivity index (χ1v) is 16.2. The fourth-order valence-corrected chi connectivity index (χ4v) is 5.86. The topological polar surface area (TPSA) is 156 Å². The van der Waals surface area contributed by atoms with Crippen LogP contribution in [0.15, 0.2) is 35.9 Å². The van der Waals surface area contributed by atoms with Crippen molar-refractivity contribution in [1.29, 1.82) is 0 Å². The lowest BCUT2D eigenvalue weighted by molar-refractivity contribution is -0.192. The van der Waals surface area contributed by atoms with Crippen molar-refractivity contribution in [3.05, 3.63) is 46.5 Å². The van der Waals surface area contributed by atoms with Gasteiger partial charge >= 0.3 is 18.1 Å². The number of benzene rings is 1. The number of carboxylic acids is 2. The van der Waals surface area contributed by atoms with Crippen molar-refractivity contribution in [2.75, 3.05) is 20.6 Å². The highest BCUT2D eigenvalue weighted by Gasteiger charge is 2.42. The predicted molar refractivity (Wildman–Crippen MR) is 180 cm³/mol. The second-order valence-corrected chi connectivity index (χ2v) is 14.5. The van der Waals surface area contributed by atoms with Crippen molar-refractivity contribution >= 4 is 41.3 Å². The molecule has 0 spiro atoms. The summed E-state index contributed by atoms with van der Waals surface area (Å²) in [7, 11) is 3.39. The van der Waals surface area contributed by atoms with E-state index in [4.69, 9.17) is 21.5 Å². The third-order valence-electron chi connectivity index (χ3n) is 8.52. The summed E-state index contributed by atoms with van der Waals surface area (Å²) in [4.78, 5) is 64.6. The van der Waals surface area contributed by atoms with Crippen LogP contribution in [0.4, 0.5) is 13.2 Å². The van der Waals surface area contributed by atoms with Gasteiger partial charge < -0.3 is 30.6 Å². The molecule has 1 heterocycles. The molecule has 0 saturated carbocycles. The first-order chi connectivity index (χ1) is 22.3. The summed E-state index contributed by atoms with van der Waals surface area (Å²) in [6.45, 7) is 15.5. The van der Waals surface area contributed by atoms with Gasteiger partial charge in [-0.05, 0) is 55.8 Å². The molecule has 276 valence electrons. The van der Waals surface area contributed by atoms with Crippen LogP contribution in [-0.2, 0) is 29.4 Å². The Labute approximate surface area is 291 Å². The molecule has 4 atom stereocenters. The van der Waals surface area contributed by atoms with Gasteiger partial charge in [0.05, 0.1) is 12.1 Å². The zero-order valence-corrected chi connectivity index (χ0v) is 30.5. The maximum Gasteiger partial charge on any atom is 0.490 e. The smallest absolute Gasteiger partial charge is 0.480 e. The van der Waals surface area contributed by atoms with E-state index in [1.807, 2.05) is 66.7 Å². The van der Waals surface area contributed by atoms with Crippen LogP contribution in [0.25, 0.3) is 0 Å². The zero-order valence-electron chi connectivity index (χ0n) is 29.7. The minimum Gasteiger partial charge on any atom is -0.480 e. The molecule has 15 heteroatoms. The Kier molecular flexibility index (Phi) is 15.3. The van der Waals surface area contributed by atoms with E-state index in [-0.39, 0.29) is 23.6 Å².